The molecule has 0 atom stereocenters. The van der Waals surface area contributed by atoms with Gasteiger partial charge < -0.3 is 10.5 Å². The molecule has 0 aromatic rings. The van der Waals surface area contributed by atoms with Gasteiger partial charge in [-0.1, -0.05) is 0 Å². The quantitative estimate of drug-likeness (QED) is 0.560. The maximum atomic E-state index is 10.3. The van der Waals surface area contributed by atoms with E-state index >= 15 is 0 Å². The number of nitrogens with zero attached hydrogens (tertiary/aromatic N) is 1. The molecule has 1 rings (SSSR count). The largest absolute Gasteiger partial charge is 0.449 e. The number of primary amides is 1. The number of hydrogen-bond acceptors (Lipinski definition) is 4. The molecule has 1 saturated heterocycles. The Kier molecular flexibility index (Phi) is 3.31. The molecule has 12 heavy (non-hydrogen) atoms. The van der Waals surface area contributed by atoms with Crippen molar-refractivity contribution in [3.8, 4) is 0 Å². The van der Waals surface area contributed by atoms with Crippen LogP contribution >= 0.6 is 0 Å². The zero-order valence-electron chi connectivity index (χ0n) is 7.03. The first kappa shape index (κ1) is 9.28. The van der Waals surface area contributed by atoms with Gasteiger partial charge in [0, 0.05) is 13.1 Å². The van der Waals surface area contributed by atoms with Crippen LogP contribution in [0, 0.1) is 5.92 Å². The number of carbonyl (C=O) groups excluding carboxylic acids is 1. The second-order valence-corrected chi connectivity index (χ2v) is 3.11. The smallest absolute Gasteiger partial charge is 0.404 e. The Bertz CT molecular complexity index is 155. The molecule has 1 heterocycles. The van der Waals surface area contributed by atoms with Gasteiger partial charge in [0.2, 0.25) is 0 Å². The van der Waals surface area contributed by atoms with E-state index in [1.807, 2.05) is 0 Å². The van der Waals surface area contributed by atoms with E-state index in [2.05, 4.69) is 0 Å². The molecule has 0 unspecified atom stereocenters. The lowest BCUT2D eigenvalue weighted by atomic mass is 9.99. The standard InChI is InChI=1S/C7H15N3O2/c8-7(11)12-5-6-1-3-10(9)4-2-6/h6H,1-5,9H2,(H2,8,11). The van der Waals surface area contributed by atoms with E-state index in [-0.39, 0.29) is 0 Å². The Hall–Kier alpha value is -0.810. The second-order valence-electron chi connectivity index (χ2n) is 3.11. The fraction of sp³-hybridized carbons (Fsp3) is 0.857. The molecule has 1 aliphatic heterocycles. The van der Waals surface area contributed by atoms with Gasteiger partial charge >= 0.3 is 6.09 Å². The highest BCUT2D eigenvalue weighted by molar-refractivity contribution is 5.64. The second kappa shape index (κ2) is 4.27. The molecule has 4 N–H and O–H groups in total. The Morgan fingerprint density at radius 2 is 2.08 bits per heavy atom. The molecule has 70 valence electrons. The van der Waals surface area contributed by atoms with Crippen LogP contribution in [0.2, 0.25) is 0 Å². The molecule has 0 radical (unpaired) electrons. The van der Waals surface area contributed by atoms with Crippen LogP contribution in [0.4, 0.5) is 4.79 Å². The van der Waals surface area contributed by atoms with Crippen molar-refractivity contribution in [2.45, 2.75) is 12.8 Å². The van der Waals surface area contributed by atoms with Crippen LogP contribution in [0.15, 0.2) is 0 Å². The third kappa shape index (κ3) is 3.06. The van der Waals surface area contributed by atoms with Gasteiger partial charge in [-0.25, -0.2) is 9.80 Å². The normalized spacial score (nSPS) is 20.8. The number of amides is 1. The summed E-state index contributed by atoms with van der Waals surface area (Å²) in [5.41, 5.74) is 4.84. The number of ether oxygens (including phenoxy) is 1. The number of piperidine rings is 1. The van der Waals surface area contributed by atoms with Crippen molar-refractivity contribution in [2.24, 2.45) is 17.5 Å². The van der Waals surface area contributed by atoms with Crippen molar-refractivity contribution in [3.63, 3.8) is 0 Å². The summed E-state index contributed by atoms with van der Waals surface area (Å²) in [6, 6.07) is 0. The lowest BCUT2D eigenvalue weighted by molar-refractivity contribution is 0.103. The molecule has 5 heteroatoms. The lowest BCUT2D eigenvalue weighted by Crippen LogP contribution is -2.40. The van der Waals surface area contributed by atoms with E-state index in [0.29, 0.717) is 12.5 Å². The van der Waals surface area contributed by atoms with Crippen LogP contribution in [0.25, 0.3) is 0 Å². The minimum Gasteiger partial charge on any atom is -0.449 e. The molecule has 1 aliphatic rings. The molecular weight excluding hydrogens is 158 g/mol. The van der Waals surface area contributed by atoms with Crippen LogP contribution in [0.1, 0.15) is 12.8 Å². The summed E-state index contributed by atoms with van der Waals surface area (Å²) in [4.78, 5) is 10.3. The molecule has 0 aromatic heterocycles. The number of hydrazine groups is 1. The molecule has 0 aliphatic carbocycles. The fourth-order valence-corrected chi connectivity index (χ4v) is 1.32. The Morgan fingerprint density at radius 1 is 1.50 bits per heavy atom. The third-order valence-corrected chi connectivity index (χ3v) is 2.11. The van der Waals surface area contributed by atoms with Gasteiger partial charge in [0.1, 0.15) is 0 Å². The van der Waals surface area contributed by atoms with Crippen molar-refractivity contribution < 1.29 is 9.53 Å². The molecule has 1 fully saturated rings. The number of carbonyl (C=O) groups is 1. The van der Waals surface area contributed by atoms with Crippen LogP contribution < -0.4 is 11.6 Å². The number of nitrogens with two attached hydrogens (primary N) is 2. The minimum atomic E-state index is -0.690. The Labute approximate surface area is 71.6 Å². The molecule has 5 nitrogen and oxygen atoms in total. The summed E-state index contributed by atoms with van der Waals surface area (Å²) < 4.78 is 4.70. The summed E-state index contributed by atoms with van der Waals surface area (Å²) in [6.45, 7) is 2.17. The van der Waals surface area contributed by atoms with Crippen LogP contribution in [-0.4, -0.2) is 30.8 Å². The summed E-state index contributed by atoms with van der Waals surface area (Å²) >= 11 is 0. The molecule has 0 spiro atoms. The van der Waals surface area contributed by atoms with Gasteiger partial charge in [-0.05, 0) is 18.8 Å². The molecular formula is C7H15N3O2. The van der Waals surface area contributed by atoms with E-state index in [9.17, 15) is 4.79 Å². The maximum absolute atomic E-state index is 10.3. The van der Waals surface area contributed by atoms with Gasteiger partial charge in [0.25, 0.3) is 0 Å². The summed E-state index contributed by atoms with van der Waals surface area (Å²) in [5.74, 6) is 5.98. The summed E-state index contributed by atoms with van der Waals surface area (Å²) in [6.07, 6.45) is 1.26. The van der Waals surface area contributed by atoms with Gasteiger partial charge in [0.05, 0.1) is 6.61 Å². The average Bonchev–Trinajstić information content (AvgIpc) is 2.03. The van der Waals surface area contributed by atoms with Gasteiger partial charge in [-0.2, -0.15) is 0 Å². The van der Waals surface area contributed by atoms with E-state index in [1.165, 1.54) is 0 Å². The SMILES string of the molecule is NC(=O)OCC1CCN(N)CC1. The van der Waals surface area contributed by atoms with E-state index in [1.54, 1.807) is 5.01 Å². The first-order chi connectivity index (χ1) is 5.68. The highest BCUT2D eigenvalue weighted by Crippen LogP contribution is 2.14. The zero-order valence-corrected chi connectivity index (χ0v) is 7.03. The monoisotopic (exact) mass is 173 g/mol. The predicted octanol–water partition coefficient (Wildman–Crippen LogP) is -0.333. The lowest BCUT2D eigenvalue weighted by Gasteiger charge is -2.27. The maximum Gasteiger partial charge on any atom is 0.404 e. The topological polar surface area (TPSA) is 81.6 Å². The van der Waals surface area contributed by atoms with E-state index in [0.717, 1.165) is 25.9 Å². The highest BCUT2D eigenvalue weighted by atomic mass is 16.5. The first-order valence-corrected chi connectivity index (χ1v) is 4.10. The molecule has 0 bridgehead atoms. The zero-order chi connectivity index (χ0) is 8.97. The molecule has 0 saturated carbocycles. The molecule has 1 amide bonds. The minimum absolute atomic E-state index is 0.428. The number of rotatable bonds is 2. The summed E-state index contributed by atoms with van der Waals surface area (Å²) in [7, 11) is 0. The van der Waals surface area contributed by atoms with Crippen molar-refractivity contribution in [1.82, 2.24) is 5.01 Å². The van der Waals surface area contributed by atoms with Crippen LogP contribution in [-0.2, 0) is 4.74 Å². The Morgan fingerprint density at radius 3 is 2.58 bits per heavy atom. The Balaban J connectivity index is 2.13. The average molecular weight is 173 g/mol. The summed E-state index contributed by atoms with van der Waals surface area (Å²) in [5, 5.41) is 1.78. The molecule has 0 aromatic carbocycles. The fourth-order valence-electron chi connectivity index (χ4n) is 1.32. The van der Waals surface area contributed by atoms with Crippen LogP contribution in [0.3, 0.4) is 0 Å². The van der Waals surface area contributed by atoms with Crippen molar-refractivity contribution >= 4 is 6.09 Å². The predicted molar refractivity (Wildman–Crippen MR) is 44.0 cm³/mol. The van der Waals surface area contributed by atoms with Crippen LogP contribution in [0.5, 0.6) is 0 Å². The van der Waals surface area contributed by atoms with Crippen molar-refractivity contribution in [1.29, 1.82) is 0 Å². The highest BCUT2D eigenvalue weighted by Gasteiger charge is 2.17. The van der Waals surface area contributed by atoms with Gasteiger partial charge in [0.15, 0.2) is 0 Å². The van der Waals surface area contributed by atoms with Gasteiger partial charge in [-0.3, -0.25) is 5.84 Å². The van der Waals surface area contributed by atoms with E-state index in [4.69, 9.17) is 16.3 Å². The van der Waals surface area contributed by atoms with Crippen molar-refractivity contribution in [3.05, 3.63) is 0 Å². The van der Waals surface area contributed by atoms with Crippen molar-refractivity contribution in [2.75, 3.05) is 19.7 Å². The first-order valence-electron chi connectivity index (χ1n) is 4.10. The number of hydrogen-bond donors (Lipinski definition) is 2. The van der Waals surface area contributed by atoms with Gasteiger partial charge in [-0.15, -0.1) is 0 Å². The van der Waals surface area contributed by atoms with E-state index < -0.39 is 6.09 Å². The third-order valence-electron chi connectivity index (χ3n) is 2.11.